The summed E-state index contributed by atoms with van der Waals surface area (Å²) in [6.07, 6.45) is 2.93. The van der Waals surface area contributed by atoms with E-state index in [0.29, 0.717) is 6.54 Å². The van der Waals surface area contributed by atoms with Crippen LogP contribution in [-0.2, 0) is 16.4 Å². The van der Waals surface area contributed by atoms with Crippen molar-refractivity contribution in [2.75, 3.05) is 13.4 Å². The Morgan fingerprint density at radius 2 is 1.96 bits per heavy atom. The first-order valence-electron chi connectivity index (χ1n) is 7.61. The summed E-state index contributed by atoms with van der Waals surface area (Å²) in [6.45, 7) is 0.336. The molecule has 1 amide bonds. The number of carbonyl (C=O) groups is 1. The van der Waals surface area contributed by atoms with Gasteiger partial charge in [0.25, 0.3) is 5.91 Å². The van der Waals surface area contributed by atoms with Gasteiger partial charge in [-0.2, -0.15) is 0 Å². The number of amides is 1. The Balaban J connectivity index is 1.82. The average molecular weight is 358 g/mol. The summed E-state index contributed by atoms with van der Waals surface area (Å²) >= 11 is 0. The van der Waals surface area contributed by atoms with Crippen molar-refractivity contribution < 1.29 is 17.9 Å². The molecule has 6 nitrogen and oxygen atoms in total. The first-order chi connectivity index (χ1) is 11.9. The van der Waals surface area contributed by atoms with Gasteiger partial charge in [-0.25, -0.2) is 8.42 Å². The number of aromatic nitrogens is 1. The molecule has 0 bridgehead atoms. The van der Waals surface area contributed by atoms with Crippen LogP contribution in [0.5, 0.6) is 5.75 Å². The lowest BCUT2D eigenvalue weighted by atomic mass is 10.1. The molecule has 0 aliphatic heterocycles. The molecule has 0 radical (unpaired) electrons. The number of fused-ring (bicyclic) bond motifs is 1. The predicted molar refractivity (Wildman–Crippen MR) is 95.6 cm³/mol. The van der Waals surface area contributed by atoms with Crippen molar-refractivity contribution in [1.82, 2.24) is 10.3 Å². The van der Waals surface area contributed by atoms with E-state index in [2.05, 4.69) is 10.3 Å². The summed E-state index contributed by atoms with van der Waals surface area (Å²) in [5, 5.41) is 3.85. The fourth-order valence-electron chi connectivity index (χ4n) is 2.66. The molecule has 0 atom stereocenters. The second-order valence-corrected chi connectivity index (χ2v) is 7.66. The minimum absolute atomic E-state index is 0.00487. The van der Waals surface area contributed by atoms with E-state index in [0.717, 1.165) is 22.7 Å². The molecule has 1 aromatic heterocycles. The lowest BCUT2D eigenvalue weighted by molar-refractivity contribution is 0.0951. The number of aromatic amines is 1. The van der Waals surface area contributed by atoms with Gasteiger partial charge in [-0.1, -0.05) is 18.2 Å². The van der Waals surface area contributed by atoms with Gasteiger partial charge in [0.15, 0.2) is 9.84 Å². The van der Waals surface area contributed by atoms with E-state index >= 15 is 0 Å². The molecule has 130 valence electrons. The van der Waals surface area contributed by atoms with Crippen LogP contribution in [0.25, 0.3) is 10.9 Å². The number of methoxy groups -OCH3 is 1. The third-order valence-electron chi connectivity index (χ3n) is 3.94. The molecule has 0 saturated heterocycles. The van der Waals surface area contributed by atoms with Gasteiger partial charge in [-0.3, -0.25) is 4.79 Å². The van der Waals surface area contributed by atoms with Crippen molar-refractivity contribution in [3.8, 4) is 5.75 Å². The number of ether oxygens (including phenoxy) is 1. The summed E-state index contributed by atoms with van der Waals surface area (Å²) in [6, 6.07) is 12.2. The molecule has 3 rings (SSSR count). The van der Waals surface area contributed by atoms with Gasteiger partial charge in [0.2, 0.25) is 0 Å². The van der Waals surface area contributed by atoms with E-state index in [1.165, 1.54) is 25.3 Å². The van der Waals surface area contributed by atoms with Gasteiger partial charge in [-0.05, 0) is 29.8 Å². The van der Waals surface area contributed by atoms with Crippen LogP contribution in [0.15, 0.2) is 53.6 Å². The third-order valence-corrected chi connectivity index (χ3v) is 5.06. The third kappa shape index (κ3) is 3.51. The van der Waals surface area contributed by atoms with E-state index in [1.807, 2.05) is 30.5 Å². The van der Waals surface area contributed by atoms with Crippen molar-refractivity contribution in [3.63, 3.8) is 0 Å². The molecule has 25 heavy (non-hydrogen) atoms. The van der Waals surface area contributed by atoms with Crippen LogP contribution >= 0.6 is 0 Å². The zero-order chi connectivity index (χ0) is 18.0. The molecule has 3 aromatic rings. The highest BCUT2D eigenvalue weighted by molar-refractivity contribution is 7.90. The normalized spacial score (nSPS) is 11.4. The highest BCUT2D eigenvalue weighted by atomic mass is 32.2. The van der Waals surface area contributed by atoms with Crippen molar-refractivity contribution in [3.05, 3.63) is 59.8 Å². The molecule has 0 fully saturated rings. The second kappa shape index (κ2) is 6.60. The lowest BCUT2D eigenvalue weighted by Gasteiger charge is -2.10. The molecule has 2 aromatic carbocycles. The maximum atomic E-state index is 12.4. The van der Waals surface area contributed by atoms with Gasteiger partial charge >= 0.3 is 0 Å². The van der Waals surface area contributed by atoms with Crippen LogP contribution in [0.1, 0.15) is 15.9 Å². The van der Waals surface area contributed by atoms with Crippen molar-refractivity contribution in [2.45, 2.75) is 11.4 Å². The average Bonchev–Trinajstić information content (AvgIpc) is 3.01. The summed E-state index contributed by atoms with van der Waals surface area (Å²) in [4.78, 5) is 15.5. The molecular formula is C18H18N2O4S. The van der Waals surface area contributed by atoms with Gasteiger partial charge in [-0.15, -0.1) is 0 Å². The van der Waals surface area contributed by atoms with Crippen LogP contribution in [0.2, 0.25) is 0 Å². The SMILES string of the molecule is COc1ccc(C(=O)NCc2c[nH]c3ccccc23)cc1S(C)(=O)=O. The standard InChI is InChI=1S/C18H18N2O4S/c1-24-16-8-7-12(9-17(16)25(2,22)23)18(21)20-11-13-10-19-15-6-4-3-5-14(13)15/h3-10,19H,11H2,1-2H3,(H,20,21). The number of hydrogen-bond acceptors (Lipinski definition) is 4. The molecule has 1 heterocycles. The number of carbonyl (C=O) groups excluding carboxylic acids is 1. The topological polar surface area (TPSA) is 88.3 Å². The molecular weight excluding hydrogens is 340 g/mol. The maximum Gasteiger partial charge on any atom is 0.251 e. The maximum absolute atomic E-state index is 12.4. The molecule has 0 aliphatic carbocycles. The van der Waals surface area contributed by atoms with Gasteiger partial charge in [0, 0.05) is 35.5 Å². The molecule has 7 heteroatoms. The summed E-state index contributed by atoms with van der Waals surface area (Å²) in [7, 11) is -2.11. The smallest absolute Gasteiger partial charge is 0.251 e. The van der Waals surface area contributed by atoms with Crippen LogP contribution in [0.3, 0.4) is 0 Å². The molecule has 0 spiro atoms. The van der Waals surface area contributed by atoms with Crippen LogP contribution < -0.4 is 10.1 Å². The fraction of sp³-hybridized carbons (Fsp3) is 0.167. The molecule has 0 saturated carbocycles. The number of sulfone groups is 1. The number of H-pyrrole nitrogens is 1. The Morgan fingerprint density at radius 1 is 1.20 bits per heavy atom. The Labute approximate surface area is 145 Å². The number of rotatable bonds is 5. The lowest BCUT2D eigenvalue weighted by Crippen LogP contribution is -2.23. The Bertz CT molecular complexity index is 1040. The number of hydrogen-bond donors (Lipinski definition) is 2. The minimum atomic E-state index is -3.50. The van der Waals surface area contributed by atoms with Gasteiger partial charge < -0.3 is 15.0 Å². The zero-order valence-corrected chi connectivity index (χ0v) is 14.7. The summed E-state index contributed by atoms with van der Waals surface area (Å²) < 4.78 is 28.8. The molecule has 0 aliphatic rings. The molecule has 0 unspecified atom stereocenters. The Hall–Kier alpha value is -2.80. The van der Waals surface area contributed by atoms with Crippen LogP contribution in [-0.4, -0.2) is 32.7 Å². The minimum Gasteiger partial charge on any atom is -0.495 e. The van der Waals surface area contributed by atoms with E-state index in [4.69, 9.17) is 4.74 Å². The predicted octanol–water partition coefficient (Wildman–Crippen LogP) is 2.51. The van der Waals surface area contributed by atoms with Gasteiger partial charge in [0.1, 0.15) is 10.6 Å². The number of nitrogens with one attached hydrogen (secondary N) is 2. The number of para-hydroxylation sites is 1. The first-order valence-corrected chi connectivity index (χ1v) is 9.50. The molecule has 2 N–H and O–H groups in total. The fourth-order valence-corrected chi connectivity index (χ4v) is 3.52. The Kier molecular flexibility index (Phi) is 4.50. The zero-order valence-electron chi connectivity index (χ0n) is 13.9. The quantitative estimate of drug-likeness (QED) is 0.733. The van der Waals surface area contributed by atoms with E-state index in [9.17, 15) is 13.2 Å². The van der Waals surface area contributed by atoms with E-state index < -0.39 is 9.84 Å². The summed E-state index contributed by atoms with van der Waals surface area (Å²) in [5.74, 6) is -0.131. The van der Waals surface area contributed by atoms with E-state index in [-0.39, 0.29) is 22.1 Å². The largest absolute Gasteiger partial charge is 0.495 e. The van der Waals surface area contributed by atoms with Crippen LogP contribution in [0, 0.1) is 0 Å². The highest BCUT2D eigenvalue weighted by Crippen LogP contribution is 2.25. The first kappa shape index (κ1) is 17.0. The van der Waals surface area contributed by atoms with Gasteiger partial charge in [0.05, 0.1) is 7.11 Å². The number of benzene rings is 2. The Morgan fingerprint density at radius 3 is 2.68 bits per heavy atom. The van der Waals surface area contributed by atoms with Crippen molar-refractivity contribution in [1.29, 1.82) is 0 Å². The van der Waals surface area contributed by atoms with Crippen molar-refractivity contribution >= 4 is 26.6 Å². The summed E-state index contributed by atoms with van der Waals surface area (Å²) in [5.41, 5.74) is 2.22. The second-order valence-electron chi connectivity index (χ2n) is 5.68. The monoisotopic (exact) mass is 358 g/mol. The van der Waals surface area contributed by atoms with Crippen LogP contribution in [0.4, 0.5) is 0 Å². The van der Waals surface area contributed by atoms with E-state index in [1.54, 1.807) is 0 Å². The van der Waals surface area contributed by atoms with Crippen molar-refractivity contribution in [2.24, 2.45) is 0 Å². The highest BCUT2D eigenvalue weighted by Gasteiger charge is 2.17.